The van der Waals surface area contributed by atoms with Crippen molar-refractivity contribution in [3.8, 4) is 0 Å². The smallest absolute Gasteiger partial charge is 0.391 e. The molecule has 1 aliphatic rings. The summed E-state index contributed by atoms with van der Waals surface area (Å²) in [5.41, 5.74) is -3.10. The van der Waals surface area contributed by atoms with Crippen molar-refractivity contribution in [2.24, 2.45) is 0 Å². The molecule has 220 valence electrons. The lowest BCUT2D eigenvalue weighted by molar-refractivity contribution is -0.155. The third-order valence-electron chi connectivity index (χ3n) is 6.34. The van der Waals surface area contributed by atoms with Gasteiger partial charge in [-0.05, 0) is 25.1 Å². The fraction of sp³-hybridized carbons (Fsp3) is 0.214. The average Bonchev–Trinajstić information content (AvgIpc) is 3.25. The van der Waals surface area contributed by atoms with E-state index in [2.05, 4.69) is 11.6 Å². The molecule has 1 saturated heterocycles. The summed E-state index contributed by atoms with van der Waals surface area (Å²) in [6.45, 7) is 4.19. The molecule has 3 heterocycles. The number of anilines is 1. The monoisotopic (exact) mass is 608 g/mol. The van der Waals surface area contributed by atoms with Crippen LogP contribution < -0.4 is 15.6 Å². The van der Waals surface area contributed by atoms with Gasteiger partial charge in [0.15, 0.2) is 11.7 Å². The van der Waals surface area contributed by atoms with Gasteiger partial charge in [-0.25, -0.2) is 13.8 Å². The highest BCUT2D eigenvalue weighted by Crippen LogP contribution is 2.36. The number of amides is 2. The van der Waals surface area contributed by atoms with E-state index in [1.165, 1.54) is 31.2 Å². The summed E-state index contributed by atoms with van der Waals surface area (Å²) in [6.07, 6.45) is -3.87. The summed E-state index contributed by atoms with van der Waals surface area (Å²) in [6, 6.07) is 4.72. The first-order valence-corrected chi connectivity index (χ1v) is 12.7. The van der Waals surface area contributed by atoms with E-state index < -0.39 is 64.0 Å². The Labute approximate surface area is 240 Å². The number of pyridine rings is 2. The highest BCUT2D eigenvalue weighted by molar-refractivity contribution is 6.31. The van der Waals surface area contributed by atoms with Crippen LogP contribution in [0.2, 0.25) is 5.02 Å². The molecule has 14 heteroatoms. The number of aliphatic hydroxyl groups is 1. The Balaban J connectivity index is 1.92. The van der Waals surface area contributed by atoms with Gasteiger partial charge < -0.3 is 10.4 Å². The summed E-state index contributed by atoms with van der Waals surface area (Å²) < 4.78 is 71.6. The number of nitrogens with zero attached hydrogens (tertiary/aromatic N) is 3. The van der Waals surface area contributed by atoms with Crippen LogP contribution in [0.3, 0.4) is 0 Å². The number of hydrogen-bond donors (Lipinski definition) is 2. The number of aliphatic hydroxyl groups excluding tert-OH is 1. The van der Waals surface area contributed by atoms with Crippen molar-refractivity contribution in [2.75, 3.05) is 11.4 Å². The van der Waals surface area contributed by atoms with Gasteiger partial charge in [-0.2, -0.15) is 13.2 Å². The highest BCUT2D eigenvalue weighted by Gasteiger charge is 2.43. The minimum atomic E-state index is -5.02. The molecule has 1 unspecified atom stereocenters. The maximum absolute atomic E-state index is 15.1. The molecule has 0 radical (unpaired) electrons. The Morgan fingerprint density at radius 2 is 1.90 bits per heavy atom. The van der Waals surface area contributed by atoms with Gasteiger partial charge in [0.2, 0.25) is 11.3 Å². The molecule has 0 bridgehead atoms. The lowest BCUT2D eigenvalue weighted by Gasteiger charge is -2.23. The summed E-state index contributed by atoms with van der Waals surface area (Å²) in [7, 11) is 0. The molecule has 0 aliphatic carbocycles. The fourth-order valence-electron chi connectivity index (χ4n) is 4.46. The number of alkyl halides is 3. The second-order valence-electron chi connectivity index (χ2n) is 9.23. The first kappa shape index (κ1) is 30.6. The van der Waals surface area contributed by atoms with E-state index in [0.29, 0.717) is 6.08 Å². The highest BCUT2D eigenvalue weighted by atomic mass is 35.5. The van der Waals surface area contributed by atoms with E-state index in [4.69, 9.17) is 11.6 Å². The molecule has 0 saturated carbocycles. The first-order chi connectivity index (χ1) is 19.7. The van der Waals surface area contributed by atoms with Crippen LogP contribution in [0.1, 0.15) is 35.3 Å². The van der Waals surface area contributed by atoms with E-state index in [-0.39, 0.29) is 34.8 Å². The van der Waals surface area contributed by atoms with Gasteiger partial charge in [-0.3, -0.25) is 23.9 Å². The SMILES string of the molecule is C=C(F)/C=C(F)\C(=C/C)n1cc(C(=O)NC(c2ccccc2Cl)C(F)(F)F)c(=O)c2ccc(N3C[C@@H](O)CC3=O)nc21. The van der Waals surface area contributed by atoms with Gasteiger partial charge in [0.05, 0.1) is 30.2 Å². The van der Waals surface area contributed by atoms with Crippen LogP contribution in [0.15, 0.2) is 77.8 Å². The minimum absolute atomic E-state index is 0.0278. The number of benzene rings is 1. The van der Waals surface area contributed by atoms with Crippen molar-refractivity contribution in [3.05, 3.63) is 99.4 Å². The molecule has 3 aromatic rings. The Morgan fingerprint density at radius 3 is 2.48 bits per heavy atom. The van der Waals surface area contributed by atoms with E-state index >= 15 is 4.39 Å². The third kappa shape index (κ3) is 6.11. The Kier molecular flexibility index (Phi) is 8.64. The summed E-state index contributed by atoms with van der Waals surface area (Å²) in [5, 5.41) is 11.0. The lowest BCUT2D eigenvalue weighted by Crippen LogP contribution is -2.40. The van der Waals surface area contributed by atoms with E-state index in [0.717, 1.165) is 33.9 Å². The predicted octanol–water partition coefficient (Wildman–Crippen LogP) is 5.38. The normalized spacial score (nSPS) is 17.1. The molecule has 0 spiro atoms. The van der Waals surface area contributed by atoms with E-state index in [9.17, 15) is 37.1 Å². The van der Waals surface area contributed by atoms with Gasteiger partial charge >= 0.3 is 6.18 Å². The second-order valence-corrected chi connectivity index (χ2v) is 9.63. The maximum atomic E-state index is 15.1. The summed E-state index contributed by atoms with van der Waals surface area (Å²) in [5.74, 6) is -4.36. The van der Waals surface area contributed by atoms with E-state index in [1.807, 2.05) is 0 Å². The summed E-state index contributed by atoms with van der Waals surface area (Å²) in [4.78, 5) is 44.4. The number of rotatable bonds is 7. The molecule has 2 amide bonds. The lowest BCUT2D eigenvalue weighted by atomic mass is 10.1. The zero-order chi connectivity index (χ0) is 30.9. The maximum Gasteiger partial charge on any atom is 0.412 e. The molecule has 2 N–H and O–H groups in total. The average molecular weight is 609 g/mol. The largest absolute Gasteiger partial charge is 0.412 e. The van der Waals surface area contributed by atoms with Crippen molar-refractivity contribution in [2.45, 2.75) is 31.7 Å². The first-order valence-electron chi connectivity index (χ1n) is 12.3. The van der Waals surface area contributed by atoms with Crippen LogP contribution in [0, 0.1) is 0 Å². The standard InChI is InChI=1S/C28H22ClF5N4O4/c1-3-21(20(31)10-14(2)30)37-13-18(27(42)36-25(28(32,33)34)16-6-4-5-7-19(16)29)24(41)17-8-9-22(35-26(17)37)38-12-15(39)11-23(38)40/h3-10,13,15,25,39H,2,11-12H2,1H3,(H,36,42)/b20-10+,21-3+/t15-,25?/m0/s1. The molecule has 1 aliphatic heterocycles. The van der Waals surface area contributed by atoms with Gasteiger partial charge in [0, 0.05) is 22.9 Å². The van der Waals surface area contributed by atoms with Gasteiger partial charge in [0.25, 0.3) is 5.91 Å². The molecule has 1 fully saturated rings. The predicted molar refractivity (Wildman–Crippen MR) is 146 cm³/mol. The van der Waals surface area contributed by atoms with E-state index in [1.54, 1.807) is 5.32 Å². The topological polar surface area (TPSA) is 105 Å². The van der Waals surface area contributed by atoms with Gasteiger partial charge in [0.1, 0.15) is 23.0 Å². The zero-order valence-electron chi connectivity index (χ0n) is 21.8. The van der Waals surface area contributed by atoms with Crippen molar-refractivity contribution in [1.29, 1.82) is 0 Å². The van der Waals surface area contributed by atoms with Crippen LogP contribution in [-0.4, -0.2) is 45.3 Å². The van der Waals surface area contributed by atoms with Crippen molar-refractivity contribution in [3.63, 3.8) is 0 Å². The number of nitrogens with one attached hydrogen (secondary N) is 1. The number of allylic oxidation sites excluding steroid dienone is 5. The molecular weight excluding hydrogens is 587 g/mol. The van der Waals surface area contributed by atoms with Crippen LogP contribution in [0.25, 0.3) is 16.7 Å². The molecule has 4 rings (SSSR count). The molecule has 8 nitrogen and oxygen atoms in total. The number of carbonyl (C=O) groups excluding carboxylic acids is 2. The van der Waals surface area contributed by atoms with Gasteiger partial charge in [-0.15, -0.1) is 0 Å². The number of β-amino-alcohol motifs (C(OH)–C–C–N with tert-alkyl or cyclic N) is 1. The van der Waals surface area contributed by atoms with Gasteiger partial charge in [-0.1, -0.05) is 42.5 Å². The van der Waals surface area contributed by atoms with Crippen molar-refractivity contribution >= 4 is 46.0 Å². The Hall–Kier alpha value is -4.36. The molecule has 2 atom stereocenters. The van der Waals surface area contributed by atoms with Crippen LogP contribution in [0.4, 0.5) is 27.8 Å². The summed E-state index contributed by atoms with van der Waals surface area (Å²) >= 11 is 5.95. The molecule has 2 aromatic heterocycles. The Bertz CT molecular complexity index is 1720. The third-order valence-corrected chi connectivity index (χ3v) is 6.69. The molecule has 42 heavy (non-hydrogen) atoms. The minimum Gasteiger partial charge on any atom is -0.391 e. The van der Waals surface area contributed by atoms with Crippen molar-refractivity contribution < 1.29 is 36.6 Å². The molecular formula is C28H22ClF5N4O4. The quantitative estimate of drug-likeness (QED) is 0.277. The van der Waals surface area contributed by atoms with Crippen LogP contribution in [-0.2, 0) is 4.79 Å². The van der Waals surface area contributed by atoms with Crippen LogP contribution >= 0.6 is 11.6 Å². The number of fused-ring (bicyclic) bond motifs is 1. The molecule has 1 aromatic carbocycles. The number of carbonyl (C=O) groups is 2. The number of aromatic nitrogens is 2. The zero-order valence-corrected chi connectivity index (χ0v) is 22.5. The Morgan fingerprint density at radius 1 is 1.21 bits per heavy atom. The fourth-order valence-corrected chi connectivity index (χ4v) is 4.70. The van der Waals surface area contributed by atoms with Crippen LogP contribution in [0.5, 0.6) is 0 Å². The number of hydrogen-bond acceptors (Lipinski definition) is 5. The second kappa shape index (κ2) is 11.9. The number of halogens is 6. The van der Waals surface area contributed by atoms with Crippen molar-refractivity contribution in [1.82, 2.24) is 14.9 Å².